The SMILES string of the molecule is CCCCCCCC/C=C\CCCCCCCC(=O)OCCN(CCOC(=O)CCCCCCC/C=C\CCCCCCCC)C(=O)C(C)NCCO. The number of hydrogen-bond donors (Lipinski definition) is 2. The number of amides is 1. The van der Waals surface area contributed by atoms with Gasteiger partial charge < -0.3 is 24.8 Å². The van der Waals surface area contributed by atoms with Gasteiger partial charge >= 0.3 is 11.9 Å². The highest BCUT2D eigenvalue weighted by Crippen LogP contribution is 2.12. The molecule has 0 aliphatic rings. The van der Waals surface area contributed by atoms with Gasteiger partial charge in [-0.1, -0.05) is 141 Å². The Morgan fingerprint density at radius 1 is 0.547 bits per heavy atom. The number of aliphatic hydroxyl groups is 1. The van der Waals surface area contributed by atoms with Crippen LogP contribution >= 0.6 is 0 Å². The summed E-state index contributed by atoms with van der Waals surface area (Å²) in [4.78, 5) is 39.3. The molecule has 0 saturated carbocycles. The Kier molecular flexibility index (Phi) is 39.3. The van der Waals surface area contributed by atoms with Crippen molar-refractivity contribution in [1.29, 1.82) is 0 Å². The van der Waals surface area contributed by atoms with Crippen LogP contribution in [0.15, 0.2) is 24.3 Å². The highest BCUT2D eigenvalue weighted by Gasteiger charge is 2.21. The first kappa shape index (κ1) is 50.8. The minimum Gasteiger partial charge on any atom is -0.464 e. The molecule has 0 radical (unpaired) electrons. The van der Waals surface area contributed by atoms with E-state index in [1.54, 1.807) is 11.8 Å². The second-order valence-electron chi connectivity index (χ2n) is 14.8. The van der Waals surface area contributed by atoms with Crippen molar-refractivity contribution in [2.45, 2.75) is 207 Å². The first-order chi connectivity index (χ1) is 26.0. The number of esters is 2. The van der Waals surface area contributed by atoms with E-state index >= 15 is 0 Å². The Hall–Kier alpha value is -2.19. The standard InChI is InChI=1S/C45H84N2O6/c1-4-6-8-10-12-14-16-18-20-22-24-26-28-30-32-34-43(49)52-40-37-47(45(51)42(3)46-36-39-48)38-41-53-44(50)35-33-31-29-27-25-23-21-19-17-15-13-11-9-7-5-2/h18-21,42,46,48H,4-17,22-41H2,1-3H3/b20-18-,21-19-. The van der Waals surface area contributed by atoms with E-state index in [0.717, 1.165) is 51.4 Å². The molecule has 53 heavy (non-hydrogen) atoms. The fourth-order valence-electron chi connectivity index (χ4n) is 6.34. The lowest BCUT2D eigenvalue weighted by Gasteiger charge is -2.26. The van der Waals surface area contributed by atoms with Gasteiger partial charge in [0, 0.05) is 19.4 Å². The first-order valence-electron chi connectivity index (χ1n) is 22.2. The van der Waals surface area contributed by atoms with Crippen molar-refractivity contribution in [1.82, 2.24) is 10.2 Å². The number of nitrogens with one attached hydrogen (secondary N) is 1. The molecular weight excluding hydrogens is 665 g/mol. The number of carbonyl (C=O) groups excluding carboxylic acids is 3. The molecule has 8 heteroatoms. The third kappa shape index (κ3) is 36.6. The van der Waals surface area contributed by atoms with Gasteiger partial charge in [-0.25, -0.2) is 0 Å². The predicted molar refractivity (Wildman–Crippen MR) is 222 cm³/mol. The van der Waals surface area contributed by atoms with Gasteiger partial charge in [-0.15, -0.1) is 0 Å². The summed E-state index contributed by atoms with van der Waals surface area (Å²) in [6, 6.07) is -0.514. The van der Waals surface area contributed by atoms with Crippen LogP contribution in [-0.2, 0) is 23.9 Å². The molecule has 0 spiro atoms. The van der Waals surface area contributed by atoms with Crippen molar-refractivity contribution in [3.8, 4) is 0 Å². The third-order valence-electron chi connectivity index (χ3n) is 9.78. The minimum atomic E-state index is -0.514. The number of aliphatic hydroxyl groups excluding tert-OH is 1. The summed E-state index contributed by atoms with van der Waals surface area (Å²) >= 11 is 0. The normalized spacial score (nSPS) is 12.2. The third-order valence-corrected chi connectivity index (χ3v) is 9.78. The van der Waals surface area contributed by atoms with Crippen molar-refractivity contribution in [3.05, 3.63) is 24.3 Å². The van der Waals surface area contributed by atoms with Gasteiger partial charge in [-0.3, -0.25) is 14.4 Å². The van der Waals surface area contributed by atoms with Crippen LogP contribution in [0.25, 0.3) is 0 Å². The van der Waals surface area contributed by atoms with Crippen molar-refractivity contribution >= 4 is 17.8 Å². The maximum Gasteiger partial charge on any atom is 0.305 e. The Balaban J connectivity index is 4.09. The molecule has 1 atom stereocenters. The van der Waals surface area contributed by atoms with Gasteiger partial charge in [-0.05, 0) is 71.1 Å². The van der Waals surface area contributed by atoms with E-state index in [0.29, 0.717) is 19.4 Å². The number of rotatable bonds is 40. The highest BCUT2D eigenvalue weighted by molar-refractivity contribution is 5.81. The lowest BCUT2D eigenvalue weighted by molar-refractivity contribution is -0.148. The summed E-state index contributed by atoms with van der Waals surface area (Å²) in [5.74, 6) is -0.666. The van der Waals surface area contributed by atoms with Gasteiger partial charge in [0.2, 0.25) is 5.91 Å². The van der Waals surface area contributed by atoms with E-state index in [1.165, 1.54) is 116 Å². The maximum atomic E-state index is 13.1. The van der Waals surface area contributed by atoms with Crippen molar-refractivity contribution < 1.29 is 29.0 Å². The zero-order valence-corrected chi connectivity index (χ0v) is 34.9. The number of nitrogens with zero attached hydrogens (tertiary/aromatic N) is 1. The number of carbonyl (C=O) groups is 3. The number of hydrogen-bond acceptors (Lipinski definition) is 7. The Morgan fingerprint density at radius 3 is 1.25 bits per heavy atom. The van der Waals surface area contributed by atoms with E-state index in [9.17, 15) is 14.4 Å². The summed E-state index contributed by atoms with van der Waals surface area (Å²) in [6.07, 6.45) is 41.5. The zero-order chi connectivity index (χ0) is 38.9. The zero-order valence-electron chi connectivity index (χ0n) is 34.9. The van der Waals surface area contributed by atoms with Gasteiger partial charge in [0.25, 0.3) is 0 Å². The monoisotopic (exact) mass is 749 g/mol. The lowest BCUT2D eigenvalue weighted by atomic mass is 10.1. The van der Waals surface area contributed by atoms with Crippen LogP contribution < -0.4 is 5.32 Å². The minimum absolute atomic E-state index is 0.0699. The summed E-state index contributed by atoms with van der Waals surface area (Å²) in [7, 11) is 0. The summed E-state index contributed by atoms with van der Waals surface area (Å²) in [6.45, 7) is 7.15. The van der Waals surface area contributed by atoms with Crippen LogP contribution in [0.3, 0.4) is 0 Å². The topological polar surface area (TPSA) is 105 Å². The lowest BCUT2D eigenvalue weighted by Crippen LogP contribution is -2.48. The van der Waals surface area contributed by atoms with E-state index in [2.05, 4.69) is 43.5 Å². The molecule has 1 unspecified atom stereocenters. The molecule has 1 amide bonds. The van der Waals surface area contributed by atoms with Crippen LogP contribution in [0.4, 0.5) is 0 Å². The Bertz CT molecular complexity index is 834. The summed E-state index contributed by atoms with van der Waals surface area (Å²) in [5, 5.41) is 12.1. The molecular formula is C45H84N2O6. The van der Waals surface area contributed by atoms with Crippen LogP contribution in [0.5, 0.6) is 0 Å². The molecule has 0 heterocycles. The average Bonchev–Trinajstić information content (AvgIpc) is 3.16. The van der Waals surface area contributed by atoms with Crippen molar-refractivity contribution in [2.24, 2.45) is 0 Å². The predicted octanol–water partition coefficient (Wildman–Crippen LogP) is 10.9. The van der Waals surface area contributed by atoms with Crippen molar-refractivity contribution in [3.63, 3.8) is 0 Å². The second kappa shape index (κ2) is 41.0. The molecule has 0 aliphatic carbocycles. The molecule has 0 saturated heterocycles. The maximum absolute atomic E-state index is 13.1. The highest BCUT2D eigenvalue weighted by atomic mass is 16.5. The summed E-state index contributed by atoms with van der Waals surface area (Å²) < 4.78 is 10.9. The van der Waals surface area contributed by atoms with Crippen LogP contribution in [0, 0.1) is 0 Å². The van der Waals surface area contributed by atoms with Gasteiger partial charge in [0.1, 0.15) is 13.2 Å². The van der Waals surface area contributed by atoms with Gasteiger partial charge in [0.15, 0.2) is 0 Å². The molecule has 0 aromatic rings. The molecule has 0 bridgehead atoms. The van der Waals surface area contributed by atoms with Crippen LogP contribution in [0.2, 0.25) is 0 Å². The molecule has 0 aliphatic heterocycles. The summed E-state index contributed by atoms with van der Waals surface area (Å²) in [5.41, 5.74) is 0. The fourth-order valence-corrected chi connectivity index (χ4v) is 6.34. The first-order valence-corrected chi connectivity index (χ1v) is 22.2. The van der Waals surface area contributed by atoms with E-state index < -0.39 is 6.04 Å². The largest absolute Gasteiger partial charge is 0.464 e. The number of ether oxygens (including phenoxy) is 2. The van der Waals surface area contributed by atoms with E-state index in [-0.39, 0.29) is 50.8 Å². The molecule has 0 rings (SSSR count). The fraction of sp³-hybridized carbons (Fsp3) is 0.844. The average molecular weight is 749 g/mol. The molecule has 2 N–H and O–H groups in total. The van der Waals surface area contributed by atoms with Gasteiger partial charge in [0.05, 0.1) is 25.7 Å². The molecule has 0 fully saturated rings. The second-order valence-corrected chi connectivity index (χ2v) is 14.8. The Labute approximate surface area is 326 Å². The van der Waals surface area contributed by atoms with Crippen LogP contribution in [0.1, 0.15) is 201 Å². The molecule has 0 aromatic carbocycles. The quantitative estimate of drug-likeness (QED) is 0.0365. The van der Waals surface area contributed by atoms with Crippen molar-refractivity contribution in [2.75, 3.05) is 39.5 Å². The van der Waals surface area contributed by atoms with Gasteiger partial charge in [-0.2, -0.15) is 0 Å². The number of allylic oxidation sites excluding steroid dienone is 4. The Morgan fingerprint density at radius 2 is 0.887 bits per heavy atom. The smallest absolute Gasteiger partial charge is 0.305 e. The molecule has 8 nitrogen and oxygen atoms in total. The number of unbranched alkanes of at least 4 members (excludes halogenated alkanes) is 22. The molecule has 0 aromatic heterocycles. The van der Waals surface area contributed by atoms with E-state index in [1.807, 2.05) is 0 Å². The van der Waals surface area contributed by atoms with E-state index in [4.69, 9.17) is 14.6 Å². The molecule has 310 valence electrons. The van der Waals surface area contributed by atoms with Crippen LogP contribution in [-0.4, -0.2) is 73.3 Å².